The first-order valence-corrected chi connectivity index (χ1v) is 8.88. The van der Waals surface area contributed by atoms with E-state index in [0.29, 0.717) is 30.2 Å². The fourth-order valence-electron chi connectivity index (χ4n) is 2.94. The number of fused-ring (bicyclic) bond motifs is 1. The van der Waals surface area contributed by atoms with E-state index >= 15 is 0 Å². The van der Waals surface area contributed by atoms with Gasteiger partial charge in [0.15, 0.2) is 0 Å². The molecule has 1 aliphatic rings. The molecule has 144 valence electrons. The zero-order valence-electron chi connectivity index (χ0n) is 16.2. The Morgan fingerprint density at radius 2 is 2.12 bits per heavy atom. The molecule has 0 saturated carbocycles. The Kier molecular flexibility index (Phi) is 6.99. The summed E-state index contributed by atoms with van der Waals surface area (Å²) in [5.41, 5.74) is 1.07. The lowest BCUT2D eigenvalue weighted by Gasteiger charge is -2.30. The molecule has 0 radical (unpaired) electrons. The van der Waals surface area contributed by atoms with Gasteiger partial charge in [-0.15, -0.1) is 0 Å². The second-order valence-corrected chi connectivity index (χ2v) is 6.95. The molecule has 0 bridgehead atoms. The Hall–Kier alpha value is -2.12. The minimum absolute atomic E-state index is 0.0638. The van der Waals surface area contributed by atoms with Crippen molar-refractivity contribution in [2.45, 2.75) is 32.9 Å². The normalized spacial score (nSPS) is 24.7. The van der Waals surface area contributed by atoms with E-state index in [4.69, 9.17) is 9.47 Å². The molecule has 1 aromatic carbocycles. The van der Waals surface area contributed by atoms with Crippen LogP contribution in [0.15, 0.2) is 18.2 Å². The number of ether oxygens (including phenoxy) is 2. The molecule has 2 amide bonds. The zero-order valence-corrected chi connectivity index (χ0v) is 16.2. The molecule has 0 spiro atoms. The highest BCUT2D eigenvalue weighted by molar-refractivity contribution is 5.98. The van der Waals surface area contributed by atoms with Crippen LogP contribution in [0.3, 0.4) is 0 Å². The van der Waals surface area contributed by atoms with Gasteiger partial charge in [0.05, 0.1) is 11.7 Å². The third-order valence-corrected chi connectivity index (χ3v) is 4.55. The third-order valence-electron chi connectivity index (χ3n) is 4.55. The Bertz CT molecular complexity index is 650. The van der Waals surface area contributed by atoms with Gasteiger partial charge in [-0.05, 0) is 25.0 Å². The van der Waals surface area contributed by atoms with Crippen LogP contribution in [0.4, 0.5) is 5.69 Å². The number of hydrogen-bond acceptors (Lipinski definition) is 5. The van der Waals surface area contributed by atoms with Gasteiger partial charge in [0.1, 0.15) is 12.4 Å². The van der Waals surface area contributed by atoms with Crippen LogP contribution in [0.2, 0.25) is 0 Å². The molecule has 0 saturated heterocycles. The van der Waals surface area contributed by atoms with Gasteiger partial charge in [-0.2, -0.15) is 0 Å². The standard InChI is InChI=1S/C19H29N3O4/c1-12-9-20-13(2)11-26-17-8-15(21-14(3)23)6-7-16(17)19(24)22(4)10-18(12)25-5/h6-8,12-13,18,20H,9-11H2,1-5H3,(H,21,23)/t12-,13+,18-/m1/s1. The molecule has 1 aliphatic heterocycles. The van der Waals surface area contributed by atoms with Crippen LogP contribution in [0, 0.1) is 5.92 Å². The van der Waals surface area contributed by atoms with Crippen LogP contribution in [-0.4, -0.2) is 62.7 Å². The summed E-state index contributed by atoms with van der Waals surface area (Å²) in [6, 6.07) is 5.20. The summed E-state index contributed by atoms with van der Waals surface area (Å²) in [7, 11) is 3.43. The van der Waals surface area contributed by atoms with Crippen LogP contribution in [-0.2, 0) is 9.53 Å². The highest BCUT2D eigenvalue weighted by Crippen LogP contribution is 2.26. The summed E-state index contributed by atoms with van der Waals surface area (Å²) in [6.07, 6.45) is -0.0638. The van der Waals surface area contributed by atoms with Crippen molar-refractivity contribution in [2.75, 3.05) is 39.2 Å². The first-order valence-electron chi connectivity index (χ1n) is 8.88. The number of carbonyl (C=O) groups is 2. The molecule has 1 heterocycles. The predicted octanol–water partition coefficient (Wildman–Crippen LogP) is 1.74. The van der Waals surface area contributed by atoms with E-state index in [1.165, 1.54) is 6.92 Å². The van der Waals surface area contributed by atoms with Crippen LogP contribution in [0.1, 0.15) is 31.1 Å². The smallest absolute Gasteiger partial charge is 0.257 e. The number of carbonyl (C=O) groups excluding carboxylic acids is 2. The lowest BCUT2D eigenvalue weighted by atomic mass is 10.0. The topological polar surface area (TPSA) is 79.9 Å². The van der Waals surface area contributed by atoms with Gasteiger partial charge in [0, 0.05) is 52.0 Å². The Labute approximate surface area is 155 Å². The van der Waals surface area contributed by atoms with Crippen LogP contribution < -0.4 is 15.4 Å². The molecule has 0 aromatic heterocycles. The Morgan fingerprint density at radius 1 is 1.38 bits per heavy atom. The molecule has 7 heteroatoms. The number of benzene rings is 1. The van der Waals surface area contributed by atoms with Crippen LogP contribution in [0.25, 0.3) is 0 Å². The Morgan fingerprint density at radius 3 is 2.77 bits per heavy atom. The molecule has 0 unspecified atom stereocenters. The molecule has 7 nitrogen and oxygen atoms in total. The third kappa shape index (κ3) is 5.19. The highest BCUT2D eigenvalue weighted by Gasteiger charge is 2.25. The number of anilines is 1. The summed E-state index contributed by atoms with van der Waals surface area (Å²) in [6.45, 7) is 7.25. The maximum atomic E-state index is 12.9. The summed E-state index contributed by atoms with van der Waals surface area (Å²) >= 11 is 0. The SMILES string of the molecule is CO[C@@H]1CN(C)C(=O)c2ccc(NC(C)=O)cc2OC[C@H](C)NC[C@H]1C. The molecule has 0 aliphatic carbocycles. The molecule has 2 N–H and O–H groups in total. The number of rotatable bonds is 2. The Balaban J connectivity index is 2.35. The van der Waals surface area contributed by atoms with Gasteiger partial charge in [0.2, 0.25) is 5.91 Å². The predicted molar refractivity (Wildman–Crippen MR) is 101 cm³/mol. The van der Waals surface area contributed by atoms with Gasteiger partial charge in [-0.25, -0.2) is 0 Å². The molecule has 26 heavy (non-hydrogen) atoms. The van der Waals surface area contributed by atoms with Gasteiger partial charge >= 0.3 is 0 Å². The van der Waals surface area contributed by atoms with Gasteiger partial charge in [0.25, 0.3) is 5.91 Å². The molecular formula is C19H29N3O4. The van der Waals surface area contributed by atoms with Gasteiger partial charge < -0.3 is 25.0 Å². The summed E-state index contributed by atoms with van der Waals surface area (Å²) in [5, 5.41) is 6.16. The maximum Gasteiger partial charge on any atom is 0.257 e. The second kappa shape index (κ2) is 9.00. The highest BCUT2D eigenvalue weighted by atomic mass is 16.5. The van der Waals surface area contributed by atoms with Crippen molar-refractivity contribution in [3.8, 4) is 5.75 Å². The monoisotopic (exact) mass is 363 g/mol. The van der Waals surface area contributed by atoms with E-state index < -0.39 is 0 Å². The fourth-order valence-corrected chi connectivity index (χ4v) is 2.94. The average molecular weight is 363 g/mol. The number of likely N-dealkylation sites (N-methyl/N-ethyl adjacent to an activating group) is 1. The number of nitrogens with one attached hydrogen (secondary N) is 2. The molecule has 0 fully saturated rings. The number of nitrogens with zero attached hydrogens (tertiary/aromatic N) is 1. The minimum atomic E-state index is -0.173. The summed E-state index contributed by atoms with van der Waals surface area (Å²) in [5.74, 6) is 0.404. The van der Waals surface area contributed by atoms with Crippen molar-refractivity contribution in [2.24, 2.45) is 5.92 Å². The minimum Gasteiger partial charge on any atom is -0.491 e. The van der Waals surface area contributed by atoms with E-state index in [-0.39, 0.29) is 29.9 Å². The summed E-state index contributed by atoms with van der Waals surface area (Å²) < 4.78 is 11.5. The lowest BCUT2D eigenvalue weighted by Crippen LogP contribution is -2.44. The largest absolute Gasteiger partial charge is 0.491 e. The number of methoxy groups -OCH3 is 1. The molecular weight excluding hydrogens is 334 g/mol. The van der Waals surface area contributed by atoms with Crippen molar-refractivity contribution in [1.82, 2.24) is 10.2 Å². The number of amides is 2. The average Bonchev–Trinajstić information content (AvgIpc) is 2.60. The van der Waals surface area contributed by atoms with Crippen molar-refractivity contribution >= 4 is 17.5 Å². The van der Waals surface area contributed by atoms with Crippen molar-refractivity contribution in [1.29, 1.82) is 0 Å². The van der Waals surface area contributed by atoms with Gasteiger partial charge in [-0.3, -0.25) is 9.59 Å². The van der Waals surface area contributed by atoms with Crippen molar-refractivity contribution < 1.29 is 19.1 Å². The van der Waals surface area contributed by atoms with E-state index in [9.17, 15) is 9.59 Å². The van der Waals surface area contributed by atoms with Crippen molar-refractivity contribution in [3.63, 3.8) is 0 Å². The molecule has 2 rings (SSSR count). The molecule has 3 atom stereocenters. The molecule has 1 aromatic rings. The van der Waals surface area contributed by atoms with Gasteiger partial charge in [-0.1, -0.05) is 6.92 Å². The van der Waals surface area contributed by atoms with Crippen LogP contribution >= 0.6 is 0 Å². The quantitative estimate of drug-likeness (QED) is 0.837. The fraction of sp³-hybridized carbons (Fsp3) is 0.579. The van der Waals surface area contributed by atoms with Crippen LogP contribution in [0.5, 0.6) is 5.75 Å². The van der Waals surface area contributed by atoms with E-state index in [1.54, 1.807) is 37.3 Å². The first kappa shape index (κ1) is 20.2. The van der Waals surface area contributed by atoms with E-state index in [1.807, 2.05) is 6.92 Å². The second-order valence-electron chi connectivity index (χ2n) is 6.95. The lowest BCUT2D eigenvalue weighted by molar-refractivity contribution is -0.114. The summed E-state index contributed by atoms with van der Waals surface area (Å²) in [4.78, 5) is 25.9. The van der Waals surface area contributed by atoms with E-state index in [2.05, 4.69) is 17.6 Å². The van der Waals surface area contributed by atoms with Crippen molar-refractivity contribution in [3.05, 3.63) is 23.8 Å². The maximum absolute atomic E-state index is 12.9. The van der Waals surface area contributed by atoms with E-state index in [0.717, 1.165) is 6.54 Å². The zero-order chi connectivity index (χ0) is 19.3. The number of hydrogen-bond donors (Lipinski definition) is 2. The first-order chi connectivity index (χ1) is 12.3.